The first-order chi connectivity index (χ1) is 9.26. The average Bonchev–Trinajstić information content (AvgIpc) is 2.97. The molecule has 2 aliphatic heterocycles. The van der Waals surface area contributed by atoms with Crippen molar-refractivity contribution in [3.8, 4) is 11.5 Å². The Hall–Kier alpha value is -1.95. The predicted octanol–water partition coefficient (Wildman–Crippen LogP) is 0.658. The van der Waals surface area contributed by atoms with Gasteiger partial charge in [-0.25, -0.2) is 4.79 Å². The number of hydrogen-bond donors (Lipinski definition) is 2. The molecule has 2 aliphatic rings. The van der Waals surface area contributed by atoms with E-state index in [4.69, 9.17) is 15.2 Å². The van der Waals surface area contributed by atoms with E-state index in [1.807, 2.05) is 18.2 Å². The van der Waals surface area contributed by atoms with Crippen molar-refractivity contribution in [3.05, 3.63) is 23.8 Å². The summed E-state index contributed by atoms with van der Waals surface area (Å²) >= 11 is 0. The third-order valence-corrected chi connectivity index (χ3v) is 3.38. The maximum Gasteiger partial charge on any atom is 0.318 e. The molecule has 102 valence electrons. The second kappa shape index (κ2) is 4.97. The molecule has 1 atom stereocenters. The number of nitrogens with one attached hydrogen (secondary N) is 1. The highest BCUT2D eigenvalue weighted by molar-refractivity contribution is 5.76. The Kier molecular flexibility index (Phi) is 3.16. The number of nitrogens with zero attached hydrogens (tertiary/aromatic N) is 1. The Bertz CT molecular complexity index is 492. The zero-order chi connectivity index (χ0) is 13.2. The molecular formula is C13H17N3O3. The highest BCUT2D eigenvalue weighted by Gasteiger charge is 2.28. The van der Waals surface area contributed by atoms with E-state index in [0.29, 0.717) is 19.6 Å². The molecule has 0 radical (unpaired) electrons. The smallest absolute Gasteiger partial charge is 0.318 e. The lowest BCUT2D eigenvalue weighted by molar-refractivity contribution is 0.174. The first kappa shape index (κ1) is 12.1. The zero-order valence-electron chi connectivity index (χ0n) is 10.6. The van der Waals surface area contributed by atoms with E-state index in [1.54, 1.807) is 4.90 Å². The van der Waals surface area contributed by atoms with Gasteiger partial charge in [0, 0.05) is 19.1 Å². The number of nitrogens with two attached hydrogens (primary N) is 1. The number of carbonyl (C=O) groups is 1. The summed E-state index contributed by atoms with van der Waals surface area (Å²) in [6, 6.07) is 5.88. The SMILES string of the molecule is NCCC1CN(Cc2ccc3c(c2)OCO3)C(=O)N1. The van der Waals surface area contributed by atoms with Crippen LogP contribution in [0.1, 0.15) is 12.0 Å². The van der Waals surface area contributed by atoms with Gasteiger partial charge in [0.25, 0.3) is 0 Å². The summed E-state index contributed by atoms with van der Waals surface area (Å²) in [6.07, 6.45) is 0.809. The average molecular weight is 263 g/mol. The Labute approximate surface area is 111 Å². The molecule has 0 aromatic heterocycles. The van der Waals surface area contributed by atoms with Crippen molar-refractivity contribution in [2.24, 2.45) is 5.73 Å². The highest BCUT2D eigenvalue weighted by Crippen LogP contribution is 2.32. The molecule has 1 aromatic carbocycles. The lowest BCUT2D eigenvalue weighted by Gasteiger charge is -2.14. The number of amides is 2. The summed E-state index contributed by atoms with van der Waals surface area (Å²) in [7, 11) is 0. The fraction of sp³-hybridized carbons (Fsp3) is 0.462. The summed E-state index contributed by atoms with van der Waals surface area (Å²) in [5.41, 5.74) is 6.55. The first-order valence-electron chi connectivity index (χ1n) is 6.40. The van der Waals surface area contributed by atoms with Crippen LogP contribution in [0.3, 0.4) is 0 Å². The van der Waals surface area contributed by atoms with Gasteiger partial charge in [0.2, 0.25) is 6.79 Å². The molecule has 0 saturated carbocycles. The molecule has 3 rings (SSSR count). The van der Waals surface area contributed by atoms with E-state index >= 15 is 0 Å². The van der Waals surface area contributed by atoms with E-state index in [-0.39, 0.29) is 18.9 Å². The van der Waals surface area contributed by atoms with Crippen molar-refractivity contribution in [2.45, 2.75) is 19.0 Å². The Balaban J connectivity index is 1.67. The van der Waals surface area contributed by atoms with Crippen molar-refractivity contribution in [3.63, 3.8) is 0 Å². The number of rotatable bonds is 4. The molecule has 1 fully saturated rings. The second-order valence-electron chi connectivity index (χ2n) is 4.79. The van der Waals surface area contributed by atoms with Crippen LogP contribution in [0, 0.1) is 0 Å². The van der Waals surface area contributed by atoms with E-state index in [2.05, 4.69) is 5.32 Å². The van der Waals surface area contributed by atoms with E-state index < -0.39 is 0 Å². The standard InChI is InChI=1S/C13H17N3O3/c14-4-3-10-7-16(13(17)15-10)6-9-1-2-11-12(5-9)19-8-18-11/h1-2,5,10H,3-4,6-8,14H2,(H,15,17). The van der Waals surface area contributed by atoms with Gasteiger partial charge in [0.15, 0.2) is 11.5 Å². The van der Waals surface area contributed by atoms with Crippen LogP contribution in [0.15, 0.2) is 18.2 Å². The van der Waals surface area contributed by atoms with Crippen molar-refractivity contribution >= 4 is 6.03 Å². The third kappa shape index (κ3) is 2.44. The van der Waals surface area contributed by atoms with Gasteiger partial charge in [-0.1, -0.05) is 6.07 Å². The van der Waals surface area contributed by atoms with Crippen LogP contribution in [-0.2, 0) is 6.54 Å². The Morgan fingerprint density at radius 3 is 3.05 bits per heavy atom. The van der Waals surface area contributed by atoms with E-state index in [9.17, 15) is 4.79 Å². The molecule has 0 bridgehead atoms. The van der Waals surface area contributed by atoms with Crippen LogP contribution in [0.2, 0.25) is 0 Å². The van der Waals surface area contributed by atoms with Crippen LogP contribution in [0.25, 0.3) is 0 Å². The molecule has 0 aliphatic carbocycles. The largest absolute Gasteiger partial charge is 0.454 e. The van der Waals surface area contributed by atoms with Gasteiger partial charge in [-0.05, 0) is 30.7 Å². The van der Waals surface area contributed by atoms with Crippen LogP contribution in [0.5, 0.6) is 11.5 Å². The minimum Gasteiger partial charge on any atom is -0.454 e. The highest BCUT2D eigenvalue weighted by atomic mass is 16.7. The van der Waals surface area contributed by atoms with Gasteiger partial charge < -0.3 is 25.4 Å². The number of benzene rings is 1. The van der Waals surface area contributed by atoms with Crippen molar-refractivity contribution in [2.75, 3.05) is 19.9 Å². The minimum absolute atomic E-state index is 0.0314. The summed E-state index contributed by atoms with van der Waals surface area (Å²) in [4.78, 5) is 13.6. The molecular weight excluding hydrogens is 246 g/mol. The summed E-state index contributed by atoms with van der Waals surface area (Å²) in [5, 5.41) is 2.93. The van der Waals surface area contributed by atoms with Gasteiger partial charge in [0.05, 0.1) is 0 Å². The molecule has 19 heavy (non-hydrogen) atoms. The maximum absolute atomic E-state index is 11.8. The quantitative estimate of drug-likeness (QED) is 0.836. The van der Waals surface area contributed by atoms with Gasteiger partial charge in [-0.2, -0.15) is 0 Å². The third-order valence-electron chi connectivity index (χ3n) is 3.38. The lowest BCUT2D eigenvalue weighted by atomic mass is 10.2. The molecule has 1 saturated heterocycles. The second-order valence-corrected chi connectivity index (χ2v) is 4.79. The van der Waals surface area contributed by atoms with Crippen LogP contribution < -0.4 is 20.5 Å². The van der Waals surface area contributed by atoms with Gasteiger partial charge in [-0.3, -0.25) is 0 Å². The topological polar surface area (TPSA) is 76.8 Å². The molecule has 2 heterocycles. The van der Waals surface area contributed by atoms with Gasteiger partial charge >= 0.3 is 6.03 Å². The van der Waals surface area contributed by atoms with Crippen LogP contribution >= 0.6 is 0 Å². The van der Waals surface area contributed by atoms with Gasteiger partial charge in [-0.15, -0.1) is 0 Å². The minimum atomic E-state index is -0.0314. The Morgan fingerprint density at radius 2 is 2.21 bits per heavy atom. The fourth-order valence-electron chi connectivity index (χ4n) is 2.42. The molecule has 1 unspecified atom stereocenters. The molecule has 6 heteroatoms. The van der Waals surface area contributed by atoms with Gasteiger partial charge in [0.1, 0.15) is 0 Å². The van der Waals surface area contributed by atoms with Crippen molar-refractivity contribution < 1.29 is 14.3 Å². The van der Waals surface area contributed by atoms with E-state index in [1.165, 1.54) is 0 Å². The predicted molar refractivity (Wildman–Crippen MR) is 69.0 cm³/mol. The maximum atomic E-state index is 11.8. The van der Waals surface area contributed by atoms with Crippen molar-refractivity contribution in [1.82, 2.24) is 10.2 Å². The monoisotopic (exact) mass is 263 g/mol. The fourth-order valence-corrected chi connectivity index (χ4v) is 2.42. The number of hydrogen-bond acceptors (Lipinski definition) is 4. The normalized spacial score (nSPS) is 20.8. The molecule has 3 N–H and O–H groups in total. The first-order valence-corrected chi connectivity index (χ1v) is 6.40. The number of ether oxygens (including phenoxy) is 2. The summed E-state index contributed by atoms with van der Waals surface area (Å²) in [5.74, 6) is 1.51. The summed E-state index contributed by atoms with van der Waals surface area (Å²) < 4.78 is 10.6. The van der Waals surface area contributed by atoms with Crippen LogP contribution in [-0.4, -0.2) is 36.9 Å². The van der Waals surface area contributed by atoms with E-state index in [0.717, 1.165) is 23.5 Å². The number of carbonyl (C=O) groups excluding carboxylic acids is 1. The molecule has 0 spiro atoms. The zero-order valence-corrected chi connectivity index (χ0v) is 10.6. The van der Waals surface area contributed by atoms with Crippen LogP contribution in [0.4, 0.5) is 4.79 Å². The summed E-state index contributed by atoms with van der Waals surface area (Å²) in [6.45, 7) is 2.12. The lowest BCUT2D eigenvalue weighted by Crippen LogP contribution is -2.29. The number of urea groups is 1. The molecule has 6 nitrogen and oxygen atoms in total. The molecule has 2 amide bonds. The number of fused-ring (bicyclic) bond motifs is 1. The Morgan fingerprint density at radius 1 is 1.37 bits per heavy atom. The van der Waals surface area contributed by atoms with Crippen molar-refractivity contribution in [1.29, 1.82) is 0 Å². The molecule has 1 aromatic rings.